The van der Waals surface area contributed by atoms with Crippen LogP contribution in [0.15, 0.2) is 18.2 Å². The Bertz CT molecular complexity index is 702. The largest absolute Gasteiger partial charge is 0.206 e. The first-order valence-corrected chi connectivity index (χ1v) is 6.93. The van der Waals surface area contributed by atoms with Crippen molar-refractivity contribution < 1.29 is 13.2 Å². The maximum Gasteiger partial charge on any atom is 0.167 e. The van der Waals surface area contributed by atoms with E-state index in [1.165, 1.54) is 0 Å². The molecule has 0 nitrogen and oxygen atoms in total. The van der Waals surface area contributed by atoms with E-state index in [1.54, 1.807) is 18.2 Å². The normalized spacial score (nSPS) is 11.8. The topological polar surface area (TPSA) is 0 Å². The van der Waals surface area contributed by atoms with Crippen LogP contribution >= 0.6 is 0 Å². The first kappa shape index (κ1) is 13.2. The van der Waals surface area contributed by atoms with Crippen molar-refractivity contribution in [3.8, 4) is 22.3 Å². The van der Waals surface area contributed by atoms with Gasteiger partial charge < -0.3 is 0 Å². The van der Waals surface area contributed by atoms with Gasteiger partial charge in [0.05, 0.1) is 0 Å². The van der Waals surface area contributed by atoms with Crippen LogP contribution < -0.4 is 0 Å². The molecule has 0 N–H and O–H groups in total. The Hall–Kier alpha value is -1.77. The molecule has 3 rings (SSSR count). The van der Waals surface area contributed by atoms with Crippen LogP contribution in [-0.2, 0) is 12.8 Å². The summed E-state index contributed by atoms with van der Waals surface area (Å²) < 4.78 is 42.4. The van der Waals surface area contributed by atoms with E-state index in [0.29, 0.717) is 35.1 Å². The van der Waals surface area contributed by atoms with E-state index in [1.807, 2.05) is 13.8 Å². The van der Waals surface area contributed by atoms with Gasteiger partial charge in [0.25, 0.3) is 0 Å². The number of fused-ring (bicyclic) bond motifs is 4. The predicted octanol–water partition coefficient (Wildman–Crippen LogP) is 5.27. The lowest BCUT2D eigenvalue weighted by Gasteiger charge is -2.27. The molecule has 2 aromatic carbocycles. The third kappa shape index (κ3) is 1.62. The zero-order valence-corrected chi connectivity index (χ0v) is 11.5. The van der Waals surface area contributed by atoms with E-state index in [-0.39, 0.29) is 11.1 Å². The minimum atomic E-state index is -0.911. The summed E-state index contributed by atoms with van der Waals surface area (Å²) >= 11 is 0. The first-order chi connectivity index (χ1) is 9.60. The van der Waals surface area contributed by atoms with Crippen molar-refractivity contribution in [3.63, 3.8) is 0 Å². The van der Waals surface area contributed by atoms with E-state index in [9.17, 15) is 13.2 Å². The second-order valence-electron chi connectivity index (χ2n) is 5.15. The third-order valence-electron chi connectivity index (χ3n) is 3.94. The highest BCUT2D eigenvalue weighted by molar-refractivity contribution is 6.03. The number of rotatable bonds is 3. The molecule has 0 saturated heterocycles. The molecule has 0 spiro atoms. The predicted molar refractivity (Wildman–Crippen MR) is 74.1 cm³/mol. The smallest absolute Gasteiger partial charge is 0.167 e. The molecule has 0 fully saturated rings. The zero-order chi connectivity index (χ0) is 14.4. The van der Waals surface area contributed by atoms with Crippen molar-refractivity contribution >= 4 is 0 Å². The highest BCUT2D eigenvalue weighted by Crippen LogP contribution is 2.51. The van der Waals surface area contributed by atoms with Gasteiger partial charge in [0, 0.05) is 11.1 Å². The number of benzene rings is 2. The maximum atomic E-state index is 14.3. The lowest BCUT2D eigenvalue weighted by molar-refractivity contribution is 0.499. The average molecular weight is 276 g/mol. The number of halogens is 3. The molecule has 2 aromatic rings. The Morgan fingerprint density at radius 2 is 1.50 bits per heavy atom. The molecule has 0 radical (unpaired) electrons. The van der Waals surface area contributed by atoms with Gasteiger partial charge in [0.15, 0.2) is 11.6 Å². The molecule has 0 aromatic heterocycles. The summed E-state index contributed by atoms with van der Waals surface area (Å²) in [7, 11) is 0. The standard InChI is InChI=1S/C17H15F3/c1-3-5-10-8-12-11-7-6-9(4-2)15(18)13(11)14(12)17(20)16(10)19/h6-8H,3-5H2,1-2H3. The molecule has 0 bridgehead atoms. The van der Waals surface area contributed by atoms with Gasteiger partial charge in [0.2, 0.25) is 0 Å². The minimum Gasteiger partial charge on any atom is -0.206 e. The summed E-state index contributed by atoms with van der Waals surface area (Å²) in [6.07, 6.45) is 1.76. The average Bonchev–Trinajstić information content (AvgIpc) is 2.42. The zero-order valence-electron chi connectivity index (χ0n) is 11.5. The molecule has 0 atom stereocenters. The molecule has 0 aliphatic heterocycles. The second kappa shape index (κ2) is 4.65. The highest BCUT2D eigenvalue weighted by Gasteiger charge is 2.33. The number of hydrogen-bond acceptors (Lipinski definition) is 0. The summed E-state index contributed by atoms with van der Waals surface area (Å²) in [4.78, 5) is 0. The lowest BCUT2D eigenvalue weighted by Crippen LogP contribution is -2.10. The highest BCUT2D eigenvalue weighted by atomic mass is 19.2. The maximum absolute atomic E-state index is 14.3. The van der Waals surface area contributed by atoms with Crippen LogP contribution in [0.3, 0.4) is 0 Å². The lowest BCUT2D eigenvalue weighted by atomic mass is 9.77. The molecule has 0 unspecified atom stereocenters. The molecule has 1 aliphatic carbocycles. The number of hydrogen-bond donors (Lipinski definition) is 0. The van der Waals surface area contributed by atoms with E-state index < -0.39 is 17.5 Å². The van der Waals surface area contributed by atoms with Crippen LogP contribution in [-0.4, -0.2) is 0 Å². The summed E-state index contributed by atoms with van der Waals surface area (Å²) in [6.45, 7) is 3.75. The van der Waals surface area contributed by atoms with Gasteiger partial charge in [0.1, 0.15) is 5.82 Å². The van der Waals surface area contributed by atoms with Crippen molar-refractivity contribution in [2.24, 2.45) is 0 Å². The van der Waals surface area contributed by atoms with Gasteiger partial charge in [-0.2, -0.15) is 0 Å². The molecular weight excluding hydrogens is 261 g/mol. The quantitative estimate of drug-likeness (QED) is 0.611. The van der Waals surface area contributed by atoms with E-state index >= 15 is 0 Å². The molecule has 0 amide bonds. The number of aryl methyl sites for hydroxylation is 2. The second-order valence-corrected chi connectivity index (χ2v) is 5.15. The van der Waals surface area contributed by atoms with Crippen LogP contribution in [0.4, 0.5) is 13.2 Å². The molecular formula is C17H15F3. The van der Waals surface area contributed by atoms with Gasteiger partial charge in [-0.1, -0.05) is 32.4 Å². The van der Waals surface area contributed by atoms with Gasteiger partial charge in [-0.3, -0.25) is 0 Å². The van der Waals surface area contributed by atoms with Crippen molar-refractivity contribution in [2.75, 3.05) is 0 Å². The molecule has 104 valence electrons. The van der Waals surface area contributed by atoms with Gasteiger partial charge in [-0.15, -0.1) is 0 Å². The first-order valence-electron chi connectivity index (χ1n) is 6.93. The van der Waals surface area contributed by atoms with Crippen molar-refractivity contribution in [3.05, 3.63) is 46.8 Å². The van der Waals surface area contributed by atoms with Gasteiger partial charge >= 0.3 is 0 Å². The van der Waals surface area contributed by atoms with E-state index in [4.69, 9.17) is 0 Å². The van der Waals surface area contributed by atoms with Crippen molar-refractivity contribution in [1.82, 2.24) is 0 Å². The molecule has 1 aliphatic rings. The van der Waals surface area contributed by atoms with Crippen LogP contribution in [0.25, 0.3) is 22.3 Å². The van der Waals surface area contributed by atoms with Crippen LogP contribution in [0, 0.1) is 17.5 Å². The summed E-state index contributed by atoms with van der Waals surface area (Å²) in [5.74, 6) is -2.16. The van der Waals surface area contributed by atoms with Crippen molar-refractivity contribution in [1.29, 1.82) is 0 Å². The van der Waals surface area contributed by atoms with Gasteiger partial charge in [-0.05, 0) is 41.2 Å². The Labute approximate surface area is 116 Å². The van der Waals surface area contributed by atoms with E-state index in [2.05, 4.69) is 0 Å². The third-order valence-corrected chi connectivity index (χ3v) is 3.94. The SMILES string of the molecule is CCCc1cc2c(c(F)c1F)-c1c-2ccc(CC)c1F. The summed E-state index contributed by atoms with van der Waals surface area (Å²) in [5.41, 5.74) is 2.56. The minimum absolute atomic E-state index is 0.102. The molecule has 0 heterocycles. The molecule has 3 heteroatoms. The fraction of sp³-hybridized carbons (Fsp3) is 0.294. The van der Waals surface area contributed by atoms with E-state index in [0.717, 1.165) is 6.42 Å². The van der Waals surface area contributed by atoms with Crippen LogP contribution in [0.2, 0.25) is 0 Å². The molecule has 0 saturated carbocycles. The molecule has 20 heavy (non-hydrogen) atoms. The summed E-state index contributed by atoms with van der Waals surface area (Å²) in [6, 6.07) is 5.18. The van der Waals surface area contributed by atoms with Gasteiger partial charge in [-0.25, -0.2) is 13.2 Å². The fourth-order valence-corrected chi connectivity index (χ4v) is 2.89. The van der Waals surface area contributed by atoms with Crippen LogP contribution in [0.5, 0.6) is 0 Å². The Balaban J connectivity index is 2.21. The van der Waals surface area contributed by atoms with Crippen molar-refractivity contribution in [2.45, 2.75) is 33.1 Å². The monoisotopic (exact) mass is 276 g/mol. The Kier molecular flexibility index (Phi) is 3.08. The summed E-state index contributed by atoms with van der Waals surface area (Å²) in [5, 5.41) is 0. The fourth-order valence-electron chi connectivity index (χ4n) is 2.89. The Morgan fingerprint density at radius 3 is 2.15 bits per heavy atom. The Morgan fingerprint density at radius 1 is 0.800 bits per heavy atom. The van der Waals surface area contributed by atoms with Crippen LogP contribution in [0.1, 0.15) is 31.4 Å².